The highest BCUT2D eigenvalue weighted by molar-refractivity contribution is 5.87. The van der Waals surface area contributed by atoms with Crippen LogP contribution >= 0.6 is 0 Å². The van der Waals surface area contributed by atoms with Crippen LogP contribution in [0.1, 0.15) is 45.1 Å². The number of carbonyl (C=O) groups is 2. The summed E-state index contributed by atoms with van der Waals surface area (Å²) in [5, 5.41) is 2.79. The summed E-state index contributed by atoms with van der Waals surface area (Å²) >= 11 is 0. The number of hydrogen-bond donors (Lipinski definition) is 1. The van der Waals surface area contributed by atoms with Gasteiger partial charge in [-0.25, -0.2) is 0 Å². The van der Waals surface area contributed by atoms with Crippen molar-refractivity contribution in [2.75, 3.05) is 13.1 Å². The van der Waals surface area contributed by atoms with Gasteiger partial charge in [0.2, 0.25) is 11.8 Å². The van der Waals surface area contributed by atoms with Gasteiger partial charge in [-0.2, -0.15) is 0 Å². The first kappa shape index (κ1) is 16.5. The lowest BCUT2D eigenvalue weighted by molar-refractivity contribution is -0.138. The molecule has 0 aromatic heterocycles. The van der Waals surface area contributed by atoms with Gasteiger partial charge >= 0.3 is 0 Å². The minimum Gasteiger partial charge on any atom is -0.344 e. The van der Waals surface area contributed by atoms with Gasteiger partial charge < -0.3 is 10.2 Å². The van der Waals surface area contributed by atoms with E-state index in [1.807, 2.05) is 24.8 Å². The summed E-state index contributed by atoms with van der Waals surface area (Å²) in [6.07, 6.45) is 1.97. The molecule has 1 atom stereocenters. The molecule has 0 radical (unpaired) electrons. The van der Waals surface area contributed by atoms with Crippen molar-refractivity contribution in [1.82, 2.24) is 10.2 Å². The molecular formula is C18H26N2O2. The Morgan fingerprint density at radius 3 is 2.23 bits per heavy atom. The molecule has 1 aromatic rings. The van der Waals surface area contributed by atoms with Crippen molar-refractivity contribution in [2.24, 2.45) is 5.92 Å². The van der Waals surface area contributed by atoms with Gasteiger partial charge in [0.1, 0.15) is 6.04 Å². The van der Waals surface area contributed by atoms with Crippen molar-refractivity contribution in [3.8, 4) is 0 Å². The van der Waals surface area contributed by atoms with Crippen LogP contribution in [0.4, 0.5) is 0 Å². The molecule has 2 rings (SSSR count). The van der Waals surface area contributed by atoms with Crippen LogP contribution in [0.25, 0.3) is 0 Å². The lowest BCUT2D eigenvalue weighted by Gasteiger charge is -2.35. The Morgan fingerprint density at radius 2 is 1.73 bits per heavy atom. The number of carbonyl (C=O) groups excluding carboxylic acids is 2. The van der Waals surface area contributed by atoms with Crippen molar-refractivity contribution < 1.29 is 9.59 Å². The molecule has 0 spiro atoms. The van der Waals surface area contributed by atoms with E-state index in [1.165, 1.54) is 12.5 Å². The second kappa shape index (κ2) is 7.43. The number of likely N-dealkylation sites (tertiary alicyclic amines) is 1. The molecule has 1 aromatic carbocycles. The SMILES string of the molecule is CC(=O)NC(C(=O)N1CCC(c2ccccc2)CC1)C(C)C. The lowest BCUT2D eigenvalue weighted by atomic mass is 9.89. The number of rotatable bonds is 4. The zero-order valence-corrected chi connectivity index (χ0v) is 13.7. The van der Waals surface area contributed by atoms with Crippen LogP contribution in [-0.2, 0) is 9.59 Å². The van der Waals surface area contributed by atoms with Crippen LogP contribution in [0.3, 0.4) is 0 Å². The molecule has 1 heterocycles. The van der Waals surface area contributed by atoms with E-state index in [0.717, 1.165) is 25.9 Å². The zero-order chi connectivity index (χ0) is 16.1. The summed E-state index contributed by atoms with van der Waals surface area (Å²) in [6.45, 7) is 6.93. The number of benzene rings is 1. The quantitative estimate of drug-likeness (QED) is 0.929. The van der Waals surface area contributed by atoms with E-state index in [9.17, 15) is 9.59 Å². The average Bonchev–Trinajstić information content (AvgIpc) is 2.52. The minimum atomic E-state index is -0.411. The van der Waals surface area contributed by atoms with Gasteiger partial charge in [0.25, 0.3) is 0 Å². The van der Waals surface area contributed by atoms with E-state index in [0.29, 0.717) is 5.92 Å². The highest BCUT2D eigenvalue weighted by Gasteiger charge is 2.30. The fourth-order valence-corrected chi connectivity index (χ4v) is 3.09. The van der Waals surface area contributed by atoms with Gasteiger partial charge in [0.15, 0.2) is 0 Å². The van der Waals surface area contributed by atoms with Gasteiger partial charge in [-0.1, -0.05) is 44.2 Å². The molecule has 1 N–H and O–H groups in total. The van der Waals surface area contributed by atoms with Gasteiger partial charge in [-0.3, -0.25) is 9.59 Å². The van der Waals surface area contributed by atoms with Crippen molar-refractivity contribution >= 4 is 11.8 Å². The second-order valence-electron chi connectivity index (χ2n) is 6.43. The van der Waals surface area contributed by atoms with Crippen molar-refractivity contribution in [3.63, 3.8) is 0 Å². The maximum Gasteiger partial charge on any atom is 0.245 e. The van der Waals surface area contributed by atoms with Crippen molar-refractivity contribution in [1.29, 1.82) is 0 Å². The first-order chi connectivity index (χ1) is 10.5. The third-order valence-electron chi connectivity index (χ3n) is 4.37. The molecule has 4 heteroatoms. The van der Waals surface area contributed by atoms with Crippen molar-refractivity contribution in [2.45, 2.75) is 45.6 Å². The molecule has 0 aliphatic carbocycles. The molecular weight excluding hydrogens is 276 g/mol. The molecule has 1 aliphatic rings. The van der Waals surface area contributed by atoms with Crippen LogP contribution in [-0.4, -0.2) is 35.8 Å². The molecule has 1 unspecified atom stereocenters. The standard InChI is InChI=1S/C18H26N2O2/c1-13(2)17(19-14(3)21)18(22)20-11-9-16(10-12-20)15-7-5-4-6-8-15/h4-8,13,16-17H,9-12H2,1-3H3,(H,19,21). The summed E-state index contributed by atoms with van der Waals surface area (Å²) in [4.78, 5) is 25.8. The van der Waals surface area contributed by atoms with E-state index in [4.69, 9.17) is 0 Å². The maximum absolute atomic E-state index is 12.6. The van der Waals surface area contributed by atoms with E-state index >= 15 is 0 Å². The Labute approximate surface area is 132 Å². The third kappa shape index (κ3) is 4.09. The molecule has 0 bridgehead atoms. The average molecular weight is 302 g/mol. The van der Waals surface area contributed by atoms with E-state index in [1.54, 1.807) is 0 Å². The molecule has 1 fully saturated rings. The van der Waals surface area contributed by atoms with Crippen LogP contribution in [0.2, 0.25) is 0 Å². The molecule has 4 nitrogen and oxygen atoms in total. The molecule has 2 amide bonds. The number of piperidine rings is 1. The highest BCUT2D eigenvalue weighted by atomic mass is 16.2. The highest BCUT2D eigenvalue weighted by Crippen LogP contribution is 2.28. The molecule has 22 heavy (non-hydrogen) atoms. The minimum absolute atomic E-state index is 0.0525. The molecule has 1 aliphatic heterocycles. The van der Waals surface area contributed by atoms with Crippen LogP contribution in [0.15, 0.2) is 30.3 Å². The van der Waals surface area contributed by atoms with E-state index in [2.05, 4.69) is 29.6 Å². The van der Waals surface area contributed by atoms with E-state index in [-0.39, 0.29) is 17.7 Å². The Morgan fingerprint density at radius 1 is 1.14 bits per heavy atom. The summed E-state index contributed by atoms with van der Waals surface area (Å²) in [5.74, 6) is 0.537. The Balaban J connectivity index is 1.95. The van der Waals surface area contributed by atoms with Crippen LogP contribution in [0, 0.1) is 5.92 Å². The summed E-state index contributed by atoms with van der Waals surface area (Å²) in [6, 6.07) is 10.1. The fraction of sp³-hybridized carbons (Fsp3) is 0.556. The topological polar surface area (TPSA) is 49.4 Å². The van der Waals surface area contributed by atoms with Crippen LogP contribution in [0.5, 0.6) is 0 Å². The molecule has 0 saturated carbocycles. The normalized spacial score (nSPS) is 17.4. The van der Waals surface area contributed by atoms with Gasteiger partial charge in [0.05, 0.1) is 0 Å². The Hall–Kier alpha value is -1.84. The zero-order valence-electron chi connectivity index (χ0n) is 13.7. The Kier molecular flexibility index (Phi) is 5.58. The van der Waals surface area contributed by atoms with Gasteiger partial charge in [-0.15, -0.1) is 0 Å². The molecule has 120 valence electrons. The van der Waals surface area contributed by atoms with Gasteiger partial charge in [0, 0.05) is 20.0 Å². The number of nitrogens with one attached hydrogen (secondary N) is 1. The predicted octanol–water partition coefficient (Wildman–Crippen LogP) is 2.55. The lowest BCUT2D eigenvalue weighted by Crippen LogP contribution is -2.52. The number of hydrogen-bond acceptors (Lipinski definition) is 2. The maximum atomic E-state index is 12.6. The summed E-state index contributed by atoms with van der Waals surface area (Å²) < 4.78 is 0. The fourth-order valence-electron chi connectivity index (χ4n) is 3.09. The monoisotopic (exact) mass is 302 g/mol. The smallest absolute Gasteiger partial charge is 0.245 e. The summed E-state index contributed by atoms with van der Waals surface area (Å²) in [7, 11) is 0. The number of nitrogens with zero attached hydrogens (tertiary/aromatic N) is 1. The first-order valence-corrected chi connectivity index (χ1v) is 8.10. The Bertz CT molecular complexity index is 505. The second-order valence-corrected chi connectivity index (χ2v) is 6.43. The van der Waals surface area contributed by atoms with Gasteiger partial charge in [-0.05, 0) is 30.2 Å². The predicted molar refractivity (Wildman–Crippen MR) is 87.4 cm³/mol. The molecule has 1 saturated heterocycles. The largest absolute Gasteiger partial charge is 0.344 e. The van der Waals surface area contributed by atoms with Crippen LogP contribution < -0.4 is 5.32 Å². The third-order valence-corrected chi connectivity index (χ3v) is 4.37. The van der Waals surface area contributed by atoms with Crippen molar-refractivity contribution in [3.05, 3.63) is 35.9 Å². The van der Waals surface area contributed by atoms with E-state index < -0.39 is 6.04 Å². The number of amides is 2. The first-order valence-electron chi connectivity index (χ1n) is 8.10. The summed E-state index contributed by atoms with van der Waals surface area (Å²) in [5.41, 5.74) is 1.36.